The molecule has 0 atom stereocenters. The Labute approximate surface area is 439 Å². The largest absolute Gasteiger partial charge is 0.449 e. The lowest BCUT2D eigenvalue weighted by atomic mass is 10.2. The van der Waals surface area contributed by atoms with E-state index in [4.69, 9.17) is 8.83 Å². The van der Waals surface area contributed by atoms with E-state index in [2.05, 4.69) is 134 Å². The zero-order valence-corrected chi connectivity index (χ0v) is 45.6. The molecule has 13 aromatic rings. The predicted octanol–water partition coefficient (Wildman–Crippen LogP) is 15.8. The van der Waals surface area contributed by atoms with Crippen LogP contribution in [-0.4, -0.2) is 49.9 Å². The van der Waals surface area contributed by atoms with Gasteiger partial charge in [0.2, 0.25) is 12.3 Å². The minimum absolute atomic E-state index is 0.606. The van der Waals surface area contributed by atoms with E-state index in [9.17, 15) is 0 Å². The second-order valence-electron chi connectivity index (χ2n) is 14.7. The highest BCUT2D eigenvalue weighted by molar-refractivity contribution is 7.19. The van der Waals surface area contributed by atoms with E-state index in [-0.39, 0.29) is 0 Å². The number of benzene rings is 4. The second-order valence-corrected chi connectivity index (χ2v) is 20.5. The van der Waals surface area contributed by atoms with Crippen LogP contribution >= 0.6 is 56.7 Å². The highest BCUT2D eigenvalue weighted by atomic mass is 32.1. The maximum absolute atomic E-state index is 5.26. The molecule has 0 saturated carbocycles. The normalized spacial score (nSPS) is 9.74. The van der Waals surface area contributed by atoms with Gasteiger partial charge < -0.3 is 17.8 Å². The molecule has 4 aromatic carbocycles. The third-order valence-electron chi connectivity index (χ3n) is 8.92. The summed E-state index contributed by atoms with van der Waals surface area (Å²) in [5.74, 6) is 3.06. The zero-order valence-electron chi connectivity index (χ0n) is 41.5. The van der Waals surface area contributed by atoms with Gasteiger partial charge in [0, 0.05) is 64.9 Å². The van der Waals surface area contributed by atoms with E-state index in [1.807, 2.05) is 124 Å². The number of nitrogens with zero attached hydrogens (tertiary/aromatic N) is 10. The Morgan fingerprint density at radius 2 is 1.22 bits per heavy atom. The summed E-state index contributed by atoms with van der Waals surface area (Å²) >= 11 is 8.59. The summed E-state index contributed by atoms with van der Waals surface area (Å²) in [6.07, 6.45) is 10.0. The Bertz CT molecular complexity index is 2910. The highest BCUT2D eigenvalue weighted by Gasteiger charge is 1.99. The second kappa shape index (κ2) is 31.1. The van der Waals surface area contributed by atoms with Gasteiger partial charge in [0.05, 0.1) is 26.4 Å². The van der Waals surface area contributed by atoms with Gasteiger partial charge in [-0.15, -0.1) is 77.1 Å². The van der Waals surface area contributed by atoms with Crippen LogP contribution in [0, 0.1) is 62.3 Å². The Balaban J connectivity index is 0.000000152. The summed E-state index contributed by atoms with van der Waals surface area (Å²) in [6, 6.07) is 41.0. The first-order chi connectivity index (χ1) is 34.9. The van der Waals surface area contributed by atoms with Crippen molar-refractivity contribution in [2.75, 3.05) is 0 Å². The van der Waals surface area contributed by atoms with Crippen LogP contribution in [0.15, 0.2) is 188 Å². The summed E-state index contributed by atoms with van der Waals surface area (Å²) in [6.45, 7) is 17.6. The molecule has 0 N–H and O–H groups in total. The van der Waals surface area contributed by atoms with Crippen molar-refractivity contribution in [1.29, 1.82) is 0 Å². The molecular weight excluding hydrogens is 997 g/mol. The summed E-state index contributed by atoms with van der Waals surface area (Å²) in [5.41, 5.74) is 5.78. The fourth-order valence-electron chi connectivity index (χ4n) is 5.74. The Kier molecular flexibility index (Phi) is 24.0. The number of hydrogen-bond acceptors (Lipinski definition) is 17. The Morgan fingerprint density at radius 3 is 1.69 bits per heavy atom. The lowest BCUT2D eigenvalue weighted by Crippen LogP contribution is -1.93. The quantitative estimate of drug-likeness (QED) is 0.153. The molecule has 0 aliphatic carbocycles. The van der Waals surface area contributed by atoms with Crippen LogP contribution in [0.3, 0.4) is 0 Å². The Hall–Kier alpha value is -7.35. The van der Waals surface area contributed by atoms with Crippen molar-refractivity contribution in [3.8, 4) is 5.69 Å². The van der Waals surface area contributed by atoms with Gasteiger partial charge in [0.1, 0.15) is 28.1 Å². The molecule has 0 saturated heterocycles. The monoisotopic (exact) mass is 1050 g/mol. The van der Waals surface area contributed by atoms with Crippen molar-refractivity contribution in [2.45, 2.75) is 62.3 Å². The van der Waals surface area contributed by atoms with Gasteiger partial charge in [-0.2, -0.15) is 0 Å². The van der Waals surface area contributed by atoms with Gasteiger partial charge in [0.15, 0.2) is 17.4 Å². The third-order valence-corrected chi connectivity index (χ3v) is 13.0. The molecule has 9 aromatic heterocycles. The topological polar surface area (TPSA) is 160 Å². The van der Waals surface area contributed by atoms with Crippen molar-refractivity contribution < 1.29 is 13.3 Å². The van der Waals surface area contributed by atoms with Gasteiger partial charge in [-0.05, 0) is 107 Å². The number of fused-ring (bicyclic) bond motifs is 3. The number of para-hydroxylation sites is 4. The molecule has 72 heavy (non-hydrogen) atoms. The van der Waals surface area contributed by atoms with E-state index in [0.717, 1.165) is 54.9 Å². The van der Waals surface area contributed by atoms with Crippen molar-refractivity contribution in [1.82, 2.24) is 49.9 Å². The standard InChI is InChI=1S/C10H10N2.C9H8S.C8H7NO.C8H7NS.C5H6S.C4H5NO.C4H5NS.C3H4N2O.C3H4N2S/c1-9-11-7-8-12(9)10-5-3-2-4-6-10;1-7-6-8-4-2-3-5-9(8)10-7;2*1-6-9-7-4-2-3-5-8(7)10-6;1-5-3-2-4-6-5;2*1-4-5-2-3-6-4;2*1-3-5-4-2-6-3/h2-8H,1H3;2-6H,1H3;2*2-5H,1H3;2-4H,1H3;2*2-3H,1H3;2*2H,1H3. The summed E-state index contributed by atoms with van der Waals surface area (Å²) < 4.78 is 19.3. The van der Waals surface area contributed by atoms with Crippen LogP contribution in [-0.2, 0) is 0 Å². The van der Waals surface area contributed by atoms with E-state index < -0.39 is 0 Å². The van der Waals surface area contributed by atoms with Gasteiger partial charge in [-0.3, -0.25) is 4.98 Å². The van der Waals surface area contributed by atoms with Crippen LogP contribution < -0.4 is 0 Å². The molecule has 0 radical (unpaired) electrons. The van der Waals surface area contributed by atoms with Crippen LogP contribution in [0.5, 0.6) is 0 Å². The fraction of sp³-hybridized carbons (Fsp3) is 0.167. The van der Waals surface area contributed by atoms with Crippen molar-refractivity contribution in [2.24, 2.45) is 0 Å². The molecule has 0 aliphatic rings. The molecular formula is C54H56N10O3S5. The van der Waals surface area contributed by atoms with E-state index in [1.165, 1.54) is 30.9 Å². The molecule has 13 rings (SSSR count). The van der Waals surface area contributed by atoms with E-state index >= 15 is 0 Å². The number of rotatable bonds is 1. The number of oxazole rings is 2. The van der Waals surface area contributed by atoms with Crippen LogP contribution in [0.25, 0.3) is 37.1 Å². The Morgan fingerprint density at radius 1 is 0.486 bits per heavy atom. The van der Waals surface area contributed by atoms with Crippen LogP contribution in [0.4, 0.5) is 0 Å². The molecule has 0 amide bonds. The molecule has 18 heteroatoms. The lowest BCUT2D eigenvalue weighted by Gasteiger charge is -2.02. The van der Waals surface area contributed by atoms with Crippen molar-refractivity contribution in [3.05, 3.63) is 223 Å². The van der Waals surface area contributed by atoms with Gasteiger partial charge >= 0.3 is 0 Å². The molecule has 0 unspecified atom stereocenters. The van der Waals surface area contributed by atoms with Crippen molar-refractivity contribution in [3.63, 3.8) is 0 Å². The molecule has 0 spiro atoms. The van der Waals surface area contributed by atoms with Crippen molar-refractivity contribution >= 4 is 88.1 Å². The molecule has 0 fully saturated rings. The smallest absolute Gasteiger partial charge is 0.213 e. The summed E-state index contributed by atoms with van der Waals surface area (Å²) in [4.78, 5) is 23.1. The average molecular weight is 1050 g/mol. The molecule has 0 aliphatic heterocycles. The molecule has 9 heterocycles. The number of imidazole rings is 1. The number of thiophene rings is 2. The SMILES string of the molecule is Cc1cc2ccccc2s1.Cc1cccs1.Cc1nc2ccccc2o1.Cc1nc2ccccc2s1.Cc1nccn1-c1ccccc1.Cc1ncco1.Cc1nccs1.Cc1nnco1.Cc1nncs1. The van der Waals surface area contributed by atoms with Gasteiger partial charge in [-0.25, -0.2) is 19.9 Å². The first-order valence-corrected chi connectivity index (χ1v) is 26.5. The van der Waals surface area contributed by atoms with E-state index in [1.54, 1.807) is 83.4 Å². The van der Waals surface area contributed by atoms with Gasteiger partial charge in [0.25, 0.3) is 0 Å². The minimum Gasteiger partial charge on any atom is -0.449 e. The predicted molar refractivity (Wildman–Crippen MR) is 299 cm³/mol. The first-order valence-electron chi connectivity index (χ1n) is 22.3. The number of aromatic nitrogens is 10. The number of thiazole rings is 2. The first kappa shape index (κ1) is 55.6. The van der Waals surface area contributed by atoms with E-state index in [0.29, 0.717) is 5.89 Å². The summed E-state index contributed by atoms with van der Waals surface area (Å²) in [5, 5.41) is 22.9. The fourth-order valence-corrected chi connectivity index (χ4v) is 8.80. The lowest BCUT2D eigenvalue weighted by molar-refractivity contribution is 0.518. The van der Waals surface area contributed by atoms with Gasteiger partial charge in [-0.1, -0.05) is 66.7 Å². The van der Waals surface area contributed by atoms with Crippen LogP contribution in [0.2, 0.25) is 0 Å². The maximum atomic E-state index is 5.26. The number of aryl methyl sites for hydroxylation is 9. The molecule has 370 valence electrons. The molecule has 13 nitrogen and oxygen atoms in total. The highest BCUT2D eigenvalue weighted by Crippen LogP contribution is 2.24. The molecule has 0 bridgehead atoms. The zero-order chi connectivity index (χ0) is 51.3. The maximum Gasteiger partial charge on any atom is 0.213 e. The average Bonchev–Trinajstić information content (AvgIpc) is 4.22. The third kappa shape index (κ3) is 20.9. The summed E-state index contributed by atoms with van der Waals surface area (Å²) in [7, 11) is 0. The number of hydrogen-bond donors (Lipinski definition) is 0. The minimum atomic E-state index is 0.606. The van der Waals surface area contributed by atoms with Crippen LogP contribution in [0.1, 0.15) is 48.3 Å².